The Kier molecular flexibility index (Phi) is 7.72. The lowest BCUT2D eigenvalue weighted by molar-refractivity contribution is -0.126. The number of carbonyl (C=O) groups excluding carboxylic acids is 1. The van der Waals surface area contributed by atoms with Crippen LogP contribution in [-0.4, -0.2) is 67.6 Å². The van der Waals surface area contributed by atoms with E-state index < -0.39 is 0 Å². The molecular formula is C20H33N3O2. The Morgan fingerprint density at radius 1 is 1.20 bits per heavy atom. The van der Waals surface area contributed by atoms with E-state index in [1.165, 1.54) is 5.56 Å². The lowest BCUT2D eigenvalue weighted by atomic mass is 10.1. The number of ether oxygens (including phenoxy) is 1. The third-order valence-electron chi connectivity index (χ3n) is 4.62. The van der Waals surface area contributed by atoms with Gasteiger partial charge in [-0.2, -0.15) is 0 Å². The number of hydrogen-bond acceptors (Lipinski definition) is 4. The molecule has 0 radical (unpaired) electrons. The Hall–Kier alpha value is -1.59. The molecule has 25 heavy (non-hydrogen) atoms. The third-order valence-corrected chi connectivity index (χ3v) is 4.62. The van der Waals surface area contributed by atoms with E-state index in [0.717, 1.165) is 38.5 Å². The highest BCUT2D eigenvalue weighted by atomic mass is 16.5. The molecule has 1 amide bonds. The quantitative estimate of drug-likeness (QED) is 0.732. The van der Waals surface area contributed by atoms with Crippen LogP contribution in [0, 0.1) is 12.8 Å². The number of carbonyl (C=O) groups is 1. The minimum Gasteiger partial charge on any atom is -0.492 e. The summed E-state index contributed by atoms with van der Waals surface area (Å²) in [6.07, 6.45) is 0. The SMILES string of the molecule is Cc1cccc(OCCNC(=O)C(C)N2CCN(CC(C)C)CC2)c1. The second kappa shape index (κ2) is 9.78. The van der Waals surface area contributed by atoms with Crippen LogP contribution in [0.1, 0.15) is 26.3 Å². The molecule has 1 fully saturated rings. The summed E-state index contributed by atoms with van der Waals surface area (Å²) in [6.45, 7) is 14.7. The first kappa shape index (κ1) is 19.7. The number of piperazine rings is 1. The first-order chi connectivity index (χ1) is 12.0. The zero-order valence-corrected chi connectivity index (χ0v) is 16.1. The van der Waals surface area contributed by atoms with Gasteiger partial charge in [-0.3, -0.25) is 9.69 Å². The molecule has 0 aromatic heterocycles. The zero-order valence-electron chi connectivity index (χ0n) is 16.1. The normalized spacial score (nSPS) is 17.5. The van der Waals surface area contributed by atoms with Crippen LogP contribution >= 0.6 is 0 Å². The van der Waals surface area contributed by atoms with Gasteiger partial charge in [0, 0.05) is 32.7 Å². The Morgan fingerprint density at radius 3 is 2.56 bits per heavy atom. The van der Waals surface area contributed by atoms with Crippen LogP contribution in [0.5, 0.6) is 5.75 Å². The Labute approximate surface area is 152 Å². The standard InChI is InChI=1S/C20H33N3O2/c1-16(2)15-22-9-11-23(12-10-22)18(4)20(24)21-8-13-25-19-7-5-6-17(3)14-19/h5-7,14,16,18H,8-13,15H2,1-4H3,(H,21,24). The van der Waals surface area contributed by atoms with Crippen molar-refractivity contribution in [3.05, 3.63) is 29.8 Å². The van der Waals surface area contributed by atoms with Gasteiger partial charge in [0.15, 0.2) is 0 Å². The van der Waals surface area contributed by atoms with E-state index in [0.29, 0.717) is 19.1 Å². The highest BCUT2D eigenvalue weighted by Crippen LogP contribution is 2.12. The summed E-state index contributed by atoms with van der Waals surface area (Å²) in [4.78, 5) is 17.1. The van der Waals surface area contributed by atoms with Gasteiger partial charge in [-0.05, 0) is 37.5 Å². The highest BCUT2D eigenvalue weighted by Gasteiger charge is 2.25. The molecule has 0 bridgehead atoms. The first-order valence-electron chi connectivity index (χ1n) is 9.39. The topological polar surface area (TPSA) is 44.8 Å². The average molecular weight is 348 g/mol. The molecular weight excluding hydrogens is 314 g/mol. The monoisotopic (exact) mass is 347 g/mol. The van der Waals surface area contributed by atoms with E-state index in [-0.39, 0.29) is 11.9 Å². The van der Waals surface area contributed by atoms with E-state index in [1.54, 1.807) is 0 Å². The van der Waals surface area contributed by atoms with Gasteiger partial charge in [-0.25, -0.2) is 0 Å². The first-order valence-corrected chi connectivity index (χ1v) is 9.39. The second-order valence-corrected chi connectivity index (χ2v) is 7.36. The Morgan fingerprint density at radius 2 is 1.92 bits per heavy atom. The largest absolute Gasteiger partial charge is 0.492 e. The van der Waals surface area contributed by atoms with Crippen molar-refractivity contribution in [1.29, 1.82) is 0 Å². The van der Waals surface area contributed by atoms with E-state index in [9.17, 15) is 4.79 Å². The molecule has 0 saturated carbocycles. The molecule has 1 unspecified atom stereocenters. The molecule has 1 aromatic rings. The summed E-state index contributed by atoms with van der Waals surface area (Å²) < 4.78 is 5.68. The summed E-state index contributed by atoms with van der Waals surface area (Å²) in [5, 5.41) is 2.99. The van der Waals surface area contributed by atoms with Crippen LogP contribution < -0.4 is 10.1 Å². The van der Waals surface area contributed by atoms with Crippen LogP contribution in [0.2, 0.25) is 0 Å². The molecule has 1 aliphatic rings. The fraction of sp³-hybridized carbons (Fsp3) is 0.650. The summed E-state index contributed by atoms with van der Waals surface area (Å²) in [5.74, 6) is 1.63. The smallest absolute Gasteiger partial charge is 0.237 e. The second-order valence-electron chi connectivity index (χ2n) is 7.36. The Balaban J connectivity index is 1.65. The van der Waals surface area contributed by atoms with Crippen molar-refractivity contribution in [1.82, 2.24) is 15.1 Å². The predicted octanol–water partition coefficient (Wildman–Crippen LogP) is 2.15. The molecule has 1 aromatic carbocycles. The van der Waals surface area contributed by atoms with Crippen molar-refractivity contribution in [2.45, 2.75) is 33.7 Å². The summed E-state index contributed by atoms with van der Waals surface area (Å²) in [5.41, 5.74) is 1.17. The van der Waals surface area contributed by atoms with Crippen molar-refractivity contribution in [2.24, 2.45) is 5.92 Å². The van der Waals surface area contributed by atoms with Crippen molar-refractivity contribution in [2.75, 3.05) is 45.9 Å². The molecule has 0 spiro atoms. The van der Waals surface area contributed by atoms with Gasteiger partial charge in [0.2, 0.25) is 5.91 Å². The van der Waals surface area contributed by atoms with Crippen molar-refractivity contribution < 1.29 is 9.53 Å². The van der Waals surface area contributed by atoms with Crippen molar-refractivity contribution >= 4 is 5.91 Å². The number of hydrogen-bond donors (Lipinski definition) is 1. The van der Waals surface area contributed by atoms with E-state index in [2.05, 4.69) is 29.0 Å². The number of aryl methyl sites for hydroxylation is 1. The minimum atomic E-state index is -0.0832. The molecule has 0 aliphatic carbocycles. The number of benzene rings is 1. The van der Waals surface area contributed by atoms with Gasteiger partial charge >= 0.3 is 0 Å². The summed E-state index contributed by atoms with van der Waals surface area (Å²) in [7, 11) is 0. The van der Waals surface area contributed by atoms with Crippen LogP contribution in [-0.2, 0) is 4.79 Å². The summed E-state index contributed by atoms with van der Waals surface area (Å²) in [6, 6.07) is 7.87. The number of rotatable bonds is 8. The maximum absolute atomic E-state index is 12.3. The van der Waals surface area contributed by atoms with E-state index in [4.69, 9.17) is 4.74 Å². The molecule has 1 N–H and O–H groups in total. The molecule has 1 aliphatic heterocycles. The van der Waals surface area contributed by atoms with Crippen LogP contribution in [0.3, 0.4) is 0 Å². The van der Waals surface area contributed by atoms with Crippen LogP contribution in [0.15, 0.2) is 24.3 Å². The number of amides is 1. The number of nitrogens with one attached hydrogen (secondary N) is 1. The lowest BCUT2D eigenvalue weighted by Gasteiger charge is -2.38. The average Bonchev–Trinajstić information content (AvgIpc) is 2.58. The van der Waals surface area contributed by atoms with Crippen molar-refractivity contribution in [3.63, 3.8) is 0 Å². The fourth-order valence-corrected chi connectivity index (χ4v) is 3.21. The molecule has 1 saturated heterocycles. The van der Waals surface area contributed by atoms with Gasteiger partial charge < -0.3 is 15.0 Å². The maximum Gasteiger partial charge on any atom is 0.237 e. The fourth-order valence-electron chi connectivity index (χ4n) is 3.21. The number of nitrogens with zero attached hydrogens (tertiary/aromatic N) is 2. The third kappa shape index (κ3) is 6.67. The molecule has 5 heteroatoms. The molecule has 2 rings (SSSR count). The molecule has 1 atom stereocenters. The van der Waals surface area contributed by atoms with E-state index >= 15 is 0 Å². The van der Waals surface area contributed by atoms with Gasteiger partial charge in [0.25, 0.3) is 0 Å². The van der Waals surface area contributed by atoms with Crippen LogP contribution in [0.25, 0.3) is 0 Å². The van der Waals surface area contributed by atoms with Gasteiger partial charge in [0.05, 0.1) is 12.6 Å². The maximum atomic E-state index is 12.3. The van der Waals surface area contributed by atoms with Gasteiger partial charge in [0.1, 0.15) is 12.4 Å². The zero-order chi connectivity index (χ0) is 18.2. The van der Waals surface area contributed by atoms with Crippen molar-refractivity contribution in [3.8, 4) is 5.75 Å². The molecule has 1 heterocycles. The lowest BCUT2D eigenvalue weighted by Crippen LogP contribution is -2.54. The highest BCUT2D eigenvalue weighted by molar-refractivity contribution is 5.81. The summed E-state index contributed by atoms with van der Waals surface area (Å²) >= 11 is 0. The molecule has 5 nitrogen and oxygen atoms in total. The molecule has 140 valence electrons. The van der Waals surface area contributed by atoms with Gasteiger partial charge in [-0.1, -0.05) is 26.0 Å². The minimum absolute atomic E-state index is 0.0832. The Bertz CT molecular complexity index is 539. The van der Waals surface area contributed by atoms with Gasteiger partial charge in [-0.15, -0.1) is 0 Å². The van der Waals surface area contributed by atoms with Crippen LogP contribution in [0.4, 0.5) is 0 Å². The predicted molar refractivity (Wildman–Crippen MR) is 102 cm³/mol. The van der Waals surface area contributed by atoms with E-state index in [1.807, 2.05) is 38.1 Å².